The Kier molecular flexibility index (Phi) is 5.42. The van der Waals surface area contributed by atoms with Gasteiger partial charge in [-0.1, -0.05) is 18.2 Å². The third-order valence-electron chi connectivity index (χ3n) is 1.97. The number of carbonyl (C=O) groups is 1. The van der Waals surface area contributed by atoms with Crippen LogP contribution in [0.1, 0.15) is 5.56 Å². The lowest BCUT2D eigenvalue weighted by Crippen LogP contribution is -2.20. The molecule has 0 aliphatic rings. The van der Waals surface area contributed by atoms with Crippen LogP contribution in [0.2, 0.25) is 0 Å². The first kappa shape index (κ1) is 13.4. The van der Waals surface area contributed by atoms with E-state index < -0.39 is 5.91 Å². The summed E-state index contributed by atoms with van der Waals surface area (Å²) in [6.45, 7) is -0.164. The lowest BCUT2D eigenvalue weighted by atomic mass is 10.2. The number of ether oxygens (including phenoxy) is 2. The maximum atomic E-state index is 10.6. The largest absolute Gasteiger partial charge is 0.493 e. The van der Waals surface area contributed by atoms with Crippen LogP contribution in [0.4, 0.5) is 0 Å². The Balaban J connectivity index is 2.85. The fourth-order valence-corrected chi connectivity index (χ4v) is 1.35. The fourth-order valence-electron chi connectivity index (χ4n) is 1.24. The number of nitrogens with two attached hydrogens (primary N) is 1. The molecule has 1 amide bonds. The van der Waals surface area contributed by atoms with Crippen LogP contribution < -0.4 is 15.2 Å². The standard InChI is InChI=1S/C12H15NO3S/c1-15-11-7-9(3-2-6-17)4-5-10(11)16-8-12(13)14/h2-5,7,17H,6,8H2,1H3,(H2,13,14). The number of benzene rings is 1. The van der Waals surface area contributed by atoms with E-state index in [-0.39, 0.29) is 6.61 Å². The Morgan fingerprint density at radius 3 is 2.82 bits per heavy atom. The van der Waals surface area contributed by atoms with Crippen molar-refractivity contribution in [3.05, 3.63) is 29.8 Å². The molecule has 0 bridgehead atoms. The number of rotatable bonds is 6. The van der Waals surface area contributed by atoms with Crippen molar-refractivity contribution in [2.75, 3.05) is 19.5 Å². The minimum absolute atomic E-state index is 0.164. The molecule has 0 aromatic heterocycles. The molecule has 2 N–H and O–H groups in total. The van der Waals surface area contributed by atoms with Crippen LogP contribution in [0.3, 0.4) is 0 Å². The molecule has 0 unspecified atom stereocenters. The smallest absolute Gasteiger partial charge is 0.255 e. The molecule has 0 spiro atoms. The first-order valence-corrected chi connectivity index (χ1v) is 5.67. The van der Waals surface area contributed by atoms with E-state index in [1.807, 2.05) is 24.3 Å². The van der Waals surface area contributed by atoms with Gasteiger partial charge in [0, 0.05) is 5.75 Å². The number of amides is 1. The zero-order valence-corrected chi connectivity index (χ0v) is 10.4. The van der Waals surface area contributed by atoms with Crippen molar-refractivity contribution >= 4 is 24.6 Å². The molecule has 1 aromatic rings. The molecule has 0 saturated carbocycles. The second kappa shape index (κ2) is 6.85. The van der Waals surface area contributed by atoms with Gasteiger partial charge >= 0.3 is 0 Å². The lowest BCUT2D eigenvalue weighted by Gasteiger charge is -2.09. The first-order valence-electron chi connectivity index (χ1n) is 5.04. The SMILES string of the molecule is COc1cc(C=CCS)ccc1OCC(N)=O. The third-order valence-corrected chi connectivity index (χ3v) is 2.18. The summed E-state index contributed by atoms with van der Waals surface area (Å²) in [5.74, 6) is 1.20. The first-order chi connectivity index (χ1) is 8.17. The van der Waals surface area contributed by atoms with Gasteiger partial charge in [0.15, 0.2) is 18.1 Å². The summed E-state index contributed by atoms with van der Waals surface area (Å²) in [6.07, 6.45) is 3.84. The molecule has 17 heavy (non-hydrogen) atoms. The van der Waals surface area contributed by atoms with E-state index in [4.69, 9.17) is 15.2 Å². The van der Waals surface area contributed by atoms with E-state index in [0.29, 0.717) is 17.3 Å². The van der Waals surface area contributed by atoms with Gasteiger partial charge in [-0.25, -0.2) is 0 Å². The highest BCUT2D eigenvalue weighted by atomic mass is 32.1. The monoisotopic (exact) mass is 253 g/mol. The zero-order chi connectivity index (χ0) is 12.7. The van der Waals surface area contributed by atoms with Crippen molar-refractivity contribution < 1.29 is 14.3 Å². The van der Waals surface area contributed by atoms with Gasteiger partial charge in [-0.2, -0.15) is 12.6 Å². The number of hydrogen-bond donors (Lipinski definition) is 2. The van der Waals surface area contributed by atoms with Crippen LogP contribution in [-0.2, 0) is 4.79 Å². The van der Waals surface area contributed by atoms with Crippen molar-refractivity contribution in [1.29, 1.82) is 0 Å². The van der Waals surface area contributed by atoms with Crippen molar-refractivity contribution in [3.8, 4) is 11.5 Å². The molecule has 0 atom stereocenters. The maximum Gasteiger partial charge on any atom is 0.255 e. The molecular formula is C12H15NO3S. The summed E-state index contributed by atoms with van der Waals surface area (Å²) in [6, 6.07) is 5.41. The van der Waals surface area contributed by atoms with Crippen LogP contribution in [-0.4, -0.2) is 25.4 Å². The predicted octanol–water partition coefficient (Wildman–Crippen LogP) is 1.50. The van der Waals surface area contributed by atoms with Gasteiger partial charge in [0.25, 0.3) is 5.91 Å². The number of primary amides is 1. The summed E-state index contributed by atoms with van der Waals surface area (Å²) in [5, 5.41) is 0. The van der Waals surface area contributed by atoms with E-state index in [1.165, 1.54) is 0 Å². The topological polar surface area (TPSA) is 61.6 Å². The van der Waals surface area contributed by atoms with Gasteiger partial charge in [-0.15, -0.1) is 0 Å². The van der Waals surface area contributed by atoms with Crippen LogP contribution in [0.25, 0.3) is 6.08 Å². The second-order valence-electron chi connectivity index (χ2n) is 3.25. The fraction of sp³-hybridized carbons (Fsp3) is 0.250. The molecule has 5 heteroatoms. The second-order valence-corrected chi connectivity index (χ2v) is 3.62. The van der Waals surface area contributed by atoms with E-state index in [0.717, 1.165) is 5.56 Å². The van der Waals surface area contributed by atoms with Gasteiger partial charge < -0.3 is 15.2 Å². The van der Waals surface area contributed by atoms with Gasteiger partial charge in [0.05, 0.1) is 7.11 Å². The van der Waals surface area contributed by atoms with Gasteiger partial charge in [-0.3, -0.25) is 4.79 Å². The van der Waals surface area contributed by atoms with Gasteiger partial charge in [-0.05, 0) is 17.7 Å². The van der Waals surface area contributed by atoms with Crippen LogP contribution in [0.5, 0.6) is 11.5 Å². The number of thiol groups is 1. The van der Waals surface area contributed by atoms with Crippen LogP contribution in [0, 0.1) is 0 Å². The summed E-state index contributed by atoms with van der Waals surface area (Å²) in [4.78, 5) is 10.6. The average Bonchev–Trinajstić information content (AvgIpc) is 2.34. The van der Waals surface area contributed by atoms with Gasteiger partial charge in [0.2, 0.25) is 0 Å². The molecule has 0 radical (unpaired) electrons. The number of hydrogen-bond acceptors (Lipinski definition) is 4. The molecule has 0 saturated heterocycles. The third kappa shape index (κ3) is 4.40. The minimum Gasteiger partial charge on any atom is -0.493 e. The van der Waals surface area contributed by atoms with Crippen molar-refractivity contribution in [2.45, 2.75) is 0 Å². The van der Waals surface area contributed by atoms with Gasteiger partial charge in [0.1, 0.15) is 0 Å². The maximum absolute atomic E-state index is 10.6. The minimum atomic E-state index is -0.522. The number of carbonyl (C=O) groups excluding carboxylic acids is 1. The molecular weight excluding hydrogens is 238 g/mol. The summed E-state index contributed by atoms with van der Waals surface area (Å²) >= 11 is 4.08. The molecule has 92 valence electrons. The normalized spacial score (nSPS) is 10.5. The molecule has 0 heterocycles. The highest BCUT2D eigenvalue weighted by Gasteiger charge is 2.05. The Morgan fingerprint density at radius 1 is 1.47 bits per heavy atom. The van der Waals surface area contributed by atoms with Crippen molar-refractivity contribution in [3.63, 3.8) is 0 Å². The summed E-state index contributed by atoms with van der Waals surface area (Å²) in [5.41, 5.74) is 5.98. The Labute approximate surface area is 106 Å². The van der Waals surface area contributed by atoms with Crippen LogP contribution >= 0.6 is 12.6 Å². The van der Waals surface area contributed by atoms with Crippen LogP contribution in [0.15, 0.2) is 24.3 Å². The Hall–Kier alpha value is -1.62. The molecule has 4 nitrogen and oxygen atoms in total. The molecule has 1 aromatic carbocycles. The highest BCUT2D eigenvalue weighted by Crippen LogP contribution is 2.28. The average molecular weight is 253 g/mol. The molecule has 0 aliphatic carbocycles. The van der Waals surface area contributed by atoms with E-state index in [1.54, 1.807) is 13.2 Å². The Morgan fingerprint density at radius 2 is 2.24 bits per heavy atom. The molecule has 0 aliphatic heterocycles. The number of methoxy groups -OCH3 is 1. The molecule has 0 fully saturated rings. The summed E-state index contributed by atoms with van der Waals surface area (Å²) < 4.78 is 10.4. The summed E-state index contributed by atoms with van der Waals surface area (Å²) in [7, 11) is 1.54. The lowest BCUT2D eigenvalue weighted by molar-refractivity contribution is -0.119. The van der Waals surface area contributed by atoms with Crippen molar-refractivity contribution in [2.24, 2.45) is 5.73 Å². The van der Waals surface area contributed by atoms with E-state index in [9.17, 15) is 4.79 Å². The van der Waals surface area contributed by atoms with E-state index in [2.05, 4.69) is 12.6 Å². The predicted molar refractivity (Wildman–Crippen MR) is 70.6 cm³/mol. The Bertz CT molecular complexity index is 418. The zero-order valence-electron chi connectivity index (χ0n) is 9.55. The quantitative estimate of drug-likeness (QED) is 0.755. The van der Waals surface area contributed by atoms with Crippen molar-refractivity contribution in [1.82, 2.24) is 0 Å². The van der Waals surface area contributed by atoms with E-state index >= 15 is 0 Å². The highest BCUT2D eigenvalue weighted by molar-refractivity contribution is 7.80. The molecule has 1 rings (SSSR count).